The zero-order valence-corrected chi connectivity index (χ0v) is 29.9. The van der Waals surface area contributed by atoms with Crippen molar-refractivity contribution < 1.29 is 0 Å². The standard InChI is InChI=1S/C51H34N4/c1-3-11-41(12-4-1)49-50(53-46-16-8-7-15-45(46)52-49)42-31-27-39(28-32-42)37-23-19-35(20-24-37)36-21-25-38(26-22-36)40-29-33-43(34-30-40)51-54-47-17-9-10-18-48(47)55(51)44-13-5-2-6-14-44/h1-34H. The highest BCUT2D eigenvalue weighted by molar-refractivity contribution is 5.87. The average Bonchev–Trinajstić information content (AvgIpc) is 3.67. The predicted octanol–water partition coefficient (Wildman–Crippen LogP) is 13.0. The molecule has 0 amide bonds. The smallest absolute Gasteiger partial charge is 0.145 e. The molecule has 2 aromatic heterocycles. The van der Waals surface area contributed by atoms with Gasteiger partial charge in [-0.05, 0) is 69.8 Å². The quantitative estimate of drug-likeness (QED) is 0.166. The summed E-state index contributed by atoms with van der Waals surface area (Å²) >= 11 is 0. The fourth-order valence-corrected chi connectivity index (χ4v) is 7.40. The summed E-state index contributed by atoms with van der Waals surface area (Å²) in [4.78, 5) is 15.1. The molecule has 0 aliphatic heterocycles. The van der Waals surface area contributed by atoms with Gasteiger partial charge in [0, 0.05) is 22.4 Å². The van der Waals surface area contributed by atoms with E-state index >= 15 is 0 Å². The van der Waals surface area contributed by atoms with Crippen molar-refractivity contribution >= 4 is 22.1 Å². The highest BCUT2D eigenvalue weighted by atomic mass is 15.1. The first-order valence-electron chi connectivity index (χ1n) is 18.5. The van der Waals surface area contributed by atoms with Crippen LogP contribution in [0.4, 0.5) is 0 Å². The number of benzene rings is 8. The van der Waals surface area contributed by atoms with Gasteiger partial charge in [-0.15, -0.1) is 0 Å². The van der Waals surface area contributed by atoms with Crippen molar-refractivity contribution in [1.29, 1.82) is 0 Å². The van der Waals surface area contributed by atoms with Crippen LogP contribution in [-0.2, 0) is 0 Å². The van der Waals surface area contributed by atoms with Crippen LogP contribution in [0, 0.1) is 0 Å². The van der Waals surface area contributed by atoms with Gasteiger partial charge in [-0.3, -0.25) is 4.57 Å². The van der Waals surface area contributed by atoms with Gasteiger partial charge >= 0.3 is 0 Å². The second-order valence-corrected chi connectivity index (χ2v) is 13.7. The van der Waals surface area contributed by atoms with Crippen molar-refractivity contribution in [3.63, 3.8) is 0 Å². The fraction of sp³-hybridized carbons (Fsp3) is 0. The molecular formula is C51H34N4. The van der Waals surface area contributed by atoms with Crippen LogP contribution >= 0.6 is 0 Å². The molecule has 2 heterocycles. The molecule has 0 bridgehead atoms. The third-order valence-corrected chi connectivity index (χ3v) is 10.3. The molecule has 10 aromatic rings. The van der Waals surface area contributed by atoms with Crippen LogP contribution in [0.3, 0.4) is 0 Å². The maximum Gasteiger partial charge on any atom is 0.145 e. The average molecular weight is 703 g/mol. The molecule has 8 aromatic carbocycles. The molecule has 0 aliphatic rings. The number of hydrogen-bond acceptors (Lipinski definition) is 3. The van der Waals surface area contributed by atoms with Crippen molar-refractivity contribution in [2.24, 2.45) is 0 Å². The second-order valence-electron chi connectivity index (χ2n) is 13.7. The van der Waals surface area contributed by atoms with Gasteiger partial charge in [0.25, 0.3) is 0 Å². The number of imidazole rings is 1. The van der Waals surface area contributed by atoms with Crippen LogP contribution in [0.1, 0.15) is 0 Å². The van der Waals surface area contributed by atoms with Gasteiger partial charge in [-0.25, -0.2) is 15.0 Å². The van der Waals surface area contributed by atoms with E-state index in [-0.39, 0.29) is 0 Å². The first-order chi connectivity index (χ1) is 27.2. The first kappa shape index (κ1) is 32.2. The Kier molecular flexibility index (Phi) is 8.12. The molecule has 0 saturated carbocycles. The van der Waals surface area contributed by atoms with Crippen LogP contribution in [0.2, 0.25) is 0 Å². The van der Waals surface area contributed by atoms with Gasteiger partial charge in [0.2, 0.25) is 0 Å². The van der Waals surface area contributed by atoms with Crippen LogP contribution in [0.15, 0.2) is 206 Å². The van der Waals surface area contributed by atoms with Crippen LogP contribution < -0.4 is 0 Å². The molecule has 10 rings (SSSR count). The third-order valence-electron chi connectivity index (χ3n) is 10.3. The van der Waals surface area contributed by atoms with Gasteiger partial charge < -0.3 is 0 Å². The van der Waals surface area contributed by atoms with Crippen molar-refractivity contribution in [3.8, 4) is 73.0 Å². The molecule has 0 saturated heterocycles. The van der Waals surface area contributed by atoms with Crippen molar-refractivity contribution in [3.05, 3.63) is 206 Å². The Hall–Kier alpha value is -7.43. The summed E-state index contributed by atoms with van der Waals surface area (Å²) in [5.74, 6) is 0.935. The normalized spacial score (nSPS) is 11.3. The van der Waals surface area contributed by atoms with Crippen LogP contribution in [0.25, 0.3) is 95.0 Å². The van der Waals surface area contributed by atoms with E-state index in [4.69, 9.17) is 15.0 Å². The van der Waals surface area contributed by atoms with Crippen molar-refractivity contribution in [2.45, 2.75) is 0 Å². The second kappa shape index (κ2) is 13.8. The van der Waals surface area contributed by atoms with E-state index in [1.807, 2.05) is 54.6 Å². The molecule has 258 valence electrons. The van der Waals surface area contributed by atoms with E-state index in [2.05, 4.69) is 156 Å². The van der Waals surface area contributed by atoms with E-state index in [1.165, 1.54) is 27.8 Å². The molecule has 4 heteroatoms. The molecule has 0 atom stereocenters. The molecular weight excluding hydrogens is 669 g/mol. The number of hydrogen-bond donors (Lipinski definition) is 0. The van der Waals surface area contributed by atoms with E-state index < -0.39 is 0 Å². The first-order valence-corrected chi connectivity index (χ1v) is 18.5. The molecule has 0 unspecified atom stereocenters. The minimum Gasteiger partial charge on any atom is -0.292 e. The van der Waals surface area contributed by atoms with Crippen molar-refractivity contribution in [1.82, 2.24) is 19.5 Å². The molecule has 0 aliphatic carbocycles. The Labute approximate surface area is 319 Å². The van der Waals surface area contributed by atoms with Crippen molar-refractivity contribution in [2.75, 3.05) is 0 Å². The lowest BCUT2D eigenvalue weighted by atomic mass is 9.96. The Balaban J connectivity index is 0.879. The Bertz CT molecular complexity index is 2910. The zero-order chi connectivity index (χ0) is 36.6. The summed E-state index contributed by atoms with van der Waals surface area (Å²) in [7, 11) is 0. The van der Waals surface area contributed by atoms with Gasteiger partial charge in [-0.1, -0.05) is 170 Å². The van der Waals surface area contributed by atoms with E-state index in [0.29, 0.717) is 0 Å². The van der Waals surface area contributed by atoms with Gasteiger partial charge in [-0.2, -0.15) is 0 Å². The van der Waals surface area contributed by atoms with Crippen LogP contribution in [0.5, 0.6) is 0 Å². The van der Waals surface area contributed by atoms with E-state index in [1.54, 1.807) is 0 Å². The molecule has 0 fully saturated rings. The van der Waals surface area contributed by atoms with Crippen LogP contribution in [-0.4, -0.2) is 19.5 Å². The molecule has 4 nitrogen and oxygen atoms in total. The fourth-order valence-electron chi connectivity index (χ4n) is 7.40. The Morgan fingerprint density at radius 3 is 1.07 bits per heavy atom. The summed E-state index contributed by atoms with van der Waals surface area (Å²) in [5.41, 5.74) is 16.9. The summed E-state index contributed by atoms with van der Waals surface area (Å²) in [6, 6.07) is 72.1. The molecule has 55 heavy (non-hydrogen) atoms. The monoisotopic (exact) mass is 702 g/mol. The maximum absolute atomic E-state index is 5.07. The SMILES string of the molecule is c1ccc(-c2nc3ccccc3nc2-c2ccc(-c3ccc(-c4ccc(-c5ccc(-c6nc7ccccc7n6-c6ccccc6)cc5)cc4)cc3)cc2)cc1. The van der Waals surface area contributed by atoms with Gasteiger partial charge in [0.1, 0.15) is 5.82 Å². The topological polar surface area (TPSA) is 43.6 Å². The minimum absolute atomic E-state index is 0.884. The summed E-state index contributed by atoms with van der Waals surface area (Å²) < 4.78 is 2.24. The maximum atomic E-state index is 5.07. The molecule has 0 radical (unpaired) electrons. The third kappa shape index (κ3) is 6.16. The lowest BCUT2D eigenvalue weighted by Gasteiger charge is -2.12. The Morgan fingerprint density at radius 2 is 0.600 bits per heavy atom. The summed E-state index contributed by atoms with van der Waals surface area (Å²) in [6.07, 6.45) is 0. The predicted molar refractivity (Wildman–Crippen MR) is 227 cm³/mol. The lowest BCUT2D eigenvalue weighted by molar-refractivity contribution is 1.10. The number of para-hydroxylation sites is 5. The molecule has 0 spiro atoms. The van der Waals surface area contributed by atoms with E-state index in [0.717, 1.165) is 67.2 Å². The highest BCUT2D eigenvalue weighted by Crippen LogP contribution is 2.34. The van der Waals surface area contributed by atoms with E-state index in [9.17, 15) is 0 Å². The molecule has 0 N–H and O–H groups in total. The zero-order valence-electron chi connectivity index (χ0n) is 29.9. The summed E-state index contributed by atoms with van der Waals surface area (Å²) in [6.45, 7) is 0. The largest absolute Gasteiger partial charge is 0.292 e. The number of aromatic nitrogens is 4. The summed E-state index contributed by atoms with van der Waals surface area (Å²) in [5, 5.41) is 0. The minimum atomic E-state index is 0.884. The highest BCUT2D eigenvalue weighted by Gasteiger charge is 2.15. The van der Waals surface area contributed by atoms with Gasteiger partial charge in [0.05, 0.1) is 33.5 Å². The Morgan fingerprint density at radius 1 is 0.255 bits per heavy atom. The van der Waals surface area contributed by atoms with Gasteiger partial charge in [0.15, 0.2) is 0 Å². The lowest BCUT2D eigenvalue weighted by Crippen LogP contribution is -1.97. The number of nitrogens with zero attached hydrogens (tertiary/aromatic N) is 4. The number of fused-ring (bicyclic) bond motifs is 2. The number of rotatable bonds is 7.